The van der Waals surface area contributed by atoms with Crippen molar-refractivity contribution in [2.45, 2.75) is 25.3 Å². The first-order valence-corrected chi connectivity index (χ1v) is 11.5. The van der Waals surface area contributed by atoms with Crippen molar-refractivity contribution in [2.24, 2.45) is 11.8 Å². The van der Waals surface area contributed by atoms with E-state index in [1.54, 1.807) is 11.3 Å². The largest absolute Gasteiger partial charge is 0.336 e. The van der Waals surface area contributed by atoms with Crippen molar-refractivity contribution in [2.75, 3.05) is 45.1 Å². The number of fused-ring (bicyclic) bond motifs is 3. The van der Waals surface area contributed by atoms with Gasteiger partial charge in [-0.3, -0.25) is 9.88 Å². The normalized spacial score (nSPS) is 25.9. The molecule has 5 heterocycles. The predicted molar refractivity (Wildman–Crippen MR) is 118 cm³/mol. The second kappa shape index (κ2) is 9.69. The number of carbonyl (C=O) groups excluding carboxylic acids is 1. The topological polar surface area (TPSA) is 60.5 Å². The lowest BCUT2D eigenvalue weighted by molar-refractivity contribution is -0.00803. The fraction of sp³-hybridized carbons (Fsp3) is 0.545. The van der Waals surface area contributed by atoms with Crippen molar-refractivity contribution in [1.29, 1.82) is 0 Å². The summed E-state index contributed by atoms with van der Waals surface area (Å²) in [5.74, 6) is 1.50. The van der Waals surface area contributed by atoms with Crippen LogP contribution < -0.4 is 10.6 Å². The van der Waals surface area contributed by atoms with Crippen LogP contribution in [0.25, 0.3) is 0 Å². The average molecular weight is 414 g/mol. The molecule has 6 nitrogen and oxygen atoms in total. The number of pyridine rings is 1. The maximum Gasteiger partial charge on any atom is 0.319 e. The third-order valence-corrected chi connectivity index (χ3v) is 7.00. The Kier molecular flexibility index (Phi) is 6.79. The highest BCUT2D eigenvalue weighted by Gasteiger charge is 2.40. The number of hydrogen-bond acceptors (Lipinski definition) is 5. The molecular weight excluding hydrogens is 382 g/mol. The van der Waals surface area contributed by atoms with Crippen LogP contribution >= 0.6 is 11.3 Å². The lowest BCUT2D eigenvalue weighted by atomic mass is 9.75. The molecule has 7 heteroatoms. The predicted octanol–water partition coefficient (Wildman–Crippen LogP) is 3.15. The molecule has 1 unspecified atom stereocenters. The second-order valence-corrected chi connectivity index (χ2v) is 9.15. The van der Waals surface area contributed by atoms with Crippen LogP contribution in [-0.2, 0) is 6.42 Å². The summed E-state index contributed by atoms with van der Waals surface area (Å²) >= 11 is 1.59. The summed E-state index contributed by atoms with van der Waals surface area (Å²) in [5.41, 5.74) is 2.03. The number of anilines is 1. The summed E-state index contributed by atoms with van der Waals surface area (Å²) in [4.78, 5) is 21.6. The van der Waals surface area contributed by atoms with Crippen LogP contribution in [0.4, 0.5) is 10.5 Å². The fourth-order valence-corrected chi connectivity index (χ4v) is 5.32. The molecule has 2 N–H and O–H groups in total. The Hall–Kier alpha value is -1.96. The minimum absolute atomic E-state index is 0.100. The first-order chi connectivity index (χ1) is 14.2. The number of piperidine rings is 3. The molecule has 3 saturated heterocycles. The first kappa shape index (κ1) is 20.3. The Balaban J connectivity index is 1.20. The van der Waals surface area contributed by atoms with E-state index in [1.807, 2.05) is 29.1 Å². The third-order valence-electron chi connectivity index (χ3n) is 6.31. The average Bonchev–Trinajstić information content (AvgIpc) is 3.25. The molecule has 0 spiro atoms. The van der Waals surface area contributed by atoms with Gasteiger partial charge in [0.15, 0.2) is 0 Å². The monoisotopic (exact) mass is 413 g/mol. The lowest BCUT2D eigenvalue weighted by Gasteiger charge is -2.50. The molecule has 0 radical (unpaired) electrons. The summed E-state index contributed by atoms with van der Waals surface area (Å²) in [5, 5.41) is 9.88. The Labute approximate surface area is 177 Å². The molecule has 2 bridgehead atoms. The van der Waals surface area contributed by atoms with Crippen LogP contribution in [0.5, 0.6) is 0 Å². The minimum atomic E-state index is -0.100. The SMILES string of the molecule is CN(CCc1ccccn1)C[C@H]1CN2CC[C@H]1C[C@@H]2CNC(=O)Nc1ccsc1. The van der Waals surface area contributed by atoms with Gasteiger partial charge in [0, 0.05) is 55.9 Å². The summed E-state index contributed by atoms with van der Waals surface area (Å²) in [7, 11) is 2.23. The number of carbonyl (C=O) groups is 1. The summed E-state index contributed by atoms with van der Waals surface area (Å²) < 4.78 is 0. The summed E-state index contributed by atoms with van der Waals surface area (Å²) in [6.07, 6.45) is 5.36. The molecule has 3 aliphatic heterocycles. The Morgan fingerprint density at radius 2 is 2.31 bits per heavy atom. The number of aromatic nitrogens is 1. The van der Waals surface area contributed by atoms with E-state index in [0.29, 0.717) is 6.04 Å². The number of amides is 2. The zero-order valence-corrected chi connectivity index (χ0v) is 17.9. The van der Waals surface area contributed by atoms with E-state index in [4.69, 9.17) is 0 Å². The van der Waals surface area contributed by atoms with Gasteiger partial charge in [0.05, 0.1) is 5.69 Å². The lowest BCUT2D eigenvalue weighted by Crippen LogP contribution is -2.58. The summed E-state index contributed by atoms with van der Waals surface area (Å²) in [6.45, 7) is 5.24. The van der Waals surface area contributed by atoms with Crippen LogP contribution in [0.2, 0.25) is 0 Å². The molecule has 3 aliphatic rings. The molecule has 2 aromatic heterocycles. The number of nitrogens with zero attached hydrogens (tertiary/aromatic N) is 3. The molecule has 0 aromatic carbocycles. The molecular formula is C22H31N5OS. The van der Waals surface area contributed by atoms with Crippen molar-refractivity contribution in [3.63, 3.8) is 0 Å². The van der Waals surface area contributed by atoms with Gasteiger partial charge in [0.25, 0.3) is 0 Å². The molecule has 5 rings (SSSR count). The highest BCUT2D eigenvalue weighted by molar-refractivity contribution is 7.08. The van der Waals surface area contributed by atoms with Crippen LogP contribution in [0, 0.1) is 11.8 Å². The van der Waals surface area contributed by atoms with Crippen LogP contribution in [-0.4, -0.2) is 66.6 Å². The van der Waals surface area contributed by atoms with Gasteiger partial charge < -0.3 is 15.5 Å². The van der Waals surface area contributed by atoms with Gasteiger partial charge in [0.1, 0.15) is 0 Å². The number of likely N-dealkylation sites (N-methyl/N-ethyl adjacent to an activating group) is 1. The van der Waals surface area contributed by atoms with Gasteiger partial charge in [-0.2, -0.15) is 11.3 Å². The van der Waals surface area contributed by atoms with Crippen LogP contribution in [0.15, 0.2) is 41.2 Å². The second-order valence-electron chi connectivity index (χ2n) is 8.37. The van der Waals surface area contributed by atoms with Crippen LogP contribution in [0.1, 0.15) is 18.5 Å². The van der Waals surface area contributed by atoms with Crippen LogP contribution in [0.3, 0.4) is 0 Å². The minimum Gasteiger partial charge on any atom is -0.336 e. The molecule has 0 saturated carbocycles. The number of hydrogen-bond donors (Lipinski definition) is 2. The molecule has 156 valence electrons. The van der Waals surface area contributed by atoms with Crippen molar-refractivity contribution in [3.8, 4) is 0 Å². The maximum absolute atomic E-state index is 12.1. The summed E-state index contributed by atoms with van der Waals surface area (Å²) in [6, 6.07) is 8.43. The smallest absolute Gasteiger partial charge is 0.319 e. The number of urea groups is 1. The van der Waals surface area contributed by atoms with Gasteiger partial charge in [0.2, 0.25) is 0 Å². The first-order valence-electron chi connectivity index (χ1n) is 10.6. The third kappa shape index (κ3) is 5.56. The van der Waals surface area contributed by atoms with Crippen molar-refractivity contribution in [3.05, 3.63) is 46.9 Å². The van der Waals surface area contributed by atoms with Crippen molar-refractivity contribution in [1.82, 2.24) is 20.1 Å². The Bertz CT molecular complexity index is 769. The van der Waals surface area contributed by atoms with Gasteiger partial charge >= 0.3 is 6.03 Å². The van der Waals surface area contributed by atoms with E-state index in [1.165, 1.54) is 18.5 Å². The van der Waals surface area contributed by atoms with Gasteiger partial charge in [-0.05, 0) is 61.8 Å². The highest BCUT2D eigenvalue weighted by atomic mass is 32.1. The van der Waals surface area contributed by atoms with E-state index in [0.717, 1.165) is 56.7 Å². The van der Waals surface area contributed by atoms with Gasteiger partial charge in [-0.15, -0.1) is 0 Å². The number of thiophene rings is 1. The highest BCUT2D eigenvalue weighted by Crippen LogP contribution is 2.36. The van der Waals surface area contributed by atoms with E-state index < -0.39 is 0 Å². The Morgan fingerprint density at radius 1 is 1.38 bits per heavy atom. The van der Waals surface area contributed by atoms with Gasteiger partial charge in [-0.25, -0.2) is 4.79 Å². The quantitative estimate of drug-likeness (QED) is 0.698. The van der Waals surface area contributed by atoms with E-state index >= 15 is 0 Å². The Morgan fingerprint density at radius 3 is 3.03 bits per heavy atom. The van der Waals surface area contributed by atoms with Crippen molar-refractivity contribution >= 4 is 23.1 Å². The van der Waals surface area contributed by atoms with Gasteiger partial charge in [-0.1, -0.05) is 6.07 Å². The molecule has 4 atom stereocenters. The molecule has 29 heavy (non-hydrogen) atoms. The van der Waals surface area contributed by atoms with Crippen molar-refractivity contribution < 1.29 is 4.79 Å². The zero-order chi connectivity index (χ0) is 20.1. The van der Waals surface area contributed by atoms with E-state index in [-0.39, 0.29) is 6.03 Å². The zero-order valence-electron chi connectivity index (χ0n) is 17.1. The molecule has 2 amide bonds. The molecule has 3 fully saturated rings. The standard InChI is InChI=1S/C22H31N5OS/c1-26(9-6-19-4-2-3-8-23-19)14-18-15-27-10-5-17(18)12-21(27)13-24-22(28)25-20-7-11-29-16-20/h2-4,7-8,11,16-18,21H,5-6,9-10,12-15H2,1H3,(H2,24,25,28)/t17-,18-,21+/m0/s1. The number of rotatable bonds is 8. The molecule has 0 aliphatic carbocycles. The maximum atomic E-state index is 12.1. The fourth-order valence-electron chi connectivity index (χ4n) is 4.73. The van der Waals surface area contributed by atoms with E-state index in [9.17, 15) is 4.79 Å². The molecule has 2 aromatic rings. The van der Waals surface area contributed by atoms with E-state index in [2.05, 4.69) is 44.6 Å². The number of nitrogens with one attached hydrogen (secondary N) is 2.